The summed E-state index contributed by atoms with van der Waals surface area (Å²) in [6.07, 6.45) is 4.23. The first-order chi connectivity index (χ1) is 16.7. The van der Waals surface area contributed by atoms with E-state index in [2.05, 4.69) is 15.4 Å². The molecule has 8 heteroatoms. The Bertz CT molecular complexity index is 1550. The smallest absolute Gasteiger partial charge is 0.276 e. The second kappa shape index (κ2) is 8.39. The molecule has 0 spiro atoms. The van der Waals surface area contributed by atoms with Crippen molar-refractivity contribution in [2.24, 2.45) is 0 Å². The Kier molecular flexibility index (Phi) is 5.07. The normalized spacial score (nSPS) is 13.1. The molecule has 1 aliphatic rings. The largest absolute Gasteiger partial charge is 0.338 e. The number of H-pyrrole nitrogens is 1. The molecule has 0 unspecified atom stereocenters. The van der Waals surface area contributed by atoms with Gasteiger partial charge in [0.05, 0.1) is 22.3 Å². The molecule has 0 saturated heterocycles. The van der Waals surface area contributed by atoms with E-state index < -0.39 is 0 Å². The first-order valence-electron chi connectivity index (χ1n) is 11.2. The van der Waals surface area contributed by atoms with Crippen molar-refractivity contribution in [1.29, 1.82) is 0 Å². The van der Waals surface area contributed by atoms with Crippen molar-refractivity contribution >= 4 is 33.3 Å². The monoisotopic (exact) mass is 467 g/mol. The lowest BCUT2D eigenvalue weighted by atomic mass is 9.95. The number of aromatic nitrogens is 4. The summed E-state index contributed by atoms with van der Waals surface area (Å²) in [5.41, 5.74) is 4.55. The molecule has 168 valence electrons. The summed E-state index contributed by atoms with van der Waals surface area (Å²) in [6, 6.07) is 19.8. The molecule has 3 heterocycles. The number of imidazole rings is 1. The number of thiophene rings is 1. The summed E-state index contributed by atoms with van der Waals surface area (Å²) in [4.78, 5) is 35.2. The van der Waals surface area contributed by atoms with Crippen molar-refractivity contribution in [3.63, 3.8) is 0 Å². The first kappa shape index (κ1) is 20.6. The third-order valence-corrected chi connectivity index (χ3v) is 7.27. The lowest BCUT2D eigenvalue weighted by molar-refractivity contribution is 0.102. The minimum Gasteiger partial charge on any atom is -0.338 e. The lowest BCUT2D eigenvalue weighted by Crippen LogP contribution is -2.24. The molecule has 1 amide bonds. The number of aromatic amines is 1. The highest BCUT2D eigenvalue weighted by atomic mass is 32.1. The number of hydrogen-bond donors (Lipinski definition) is 2. The topological polar surface area (TPSA) is 92.7 Å². The third kappa shape index (κ3) is 3.62. The standard InChI is InChI=1S/C26H21N5O2S/c32-22-15-14-20(30-31(22)16-8-2-1-3-9-16)25(33)29-26-23(17-10-4-7-13-21(17)34-26)24-27-18-11-5-6-12-19(18)28-24/h1-3,5-6,8-9,11-12,14-15H,4,7,10,13H2,(H,27,28)(H,29,33). The molecule has 3 aromatic heterocycles. The maximum Gasteiger partial charge on any atom is 0.276 e. The summed E-state index contributed by atoms with van der Waals surface area (Å²) in [5.74, 6) is 0.402. The summed E-state index contributed by atoms with van der Waals surface area (Å²) in [6.45, 7) is 0. The van der Waals surface area contributed by atoms with Crippen LogP contribution in [-0.4, -0.2) is 25.7 Å². The van der Waals surface area contributed by atoms with E-state index in [9.17, 15) is 9.59 Å². The first-order valence-corrected chi connectivity index (χ1v) is 12.1. The van der Waals surface area contributed by atoms with E-state index in [1.54, 1.807) is 23.5 Å². The molecule has 1 aliphatic carbocycles. The Balaban J connectivity index is 1.40. The number of hydrogen-bond acceptors (Lipinski definition) is 5. The predicted octanol–water partition coefficient (Wildman–Crippen LogP) is 4.97. The Morgan fingerprint density at radius 2 is 1.76 bits per heavy atom. The number of fused-ring (bicyclic) bond motifs is 2. The fourth-order valence-corrected chi connectivity index (χ4v) is 5.72. The van der Waals surface area contributed by atoms with Crippen LogP contribution < -0.4 is 10.9 Å². The summed E-state index contributed by atoms with van der Waals surface area (Å²) in [7, 11) is 0. The van der Waals surface area contributed by atoms with Crippen LogP contribution in [0.15, 0.2) is 71.5 Å². The predicted molar refractivity (Wildman–Crippen MR) is 134 cm³/mol. The van der Waals surface area contributed by atoms with Crippen molar-refractivity contribution in [2.45, 2.75) is 25.7 Å². The van der Waals surface area contributed by atoms with Crippen LogP contribution in [0.1, 0.15) is 33.8 Å². The molecule has 6 rings (SSSR count). The number of aryl methyl sites for hydroxylation is 1. The molecule has 0 bridgehead atoms. The van der Waals surface area contributed by atoms with Gasteiger partial charge in [0.15, 0.2) is 0 Å². The molecule has 0 aliphatic heterocycles. The number of nitrogens with one attached hydrogen (secondary N) is 2. The highest BCUT2D eigenvalue weighted by Gasteiger charge is 2.25. The van der Waals surface area contributed by atoms with Crippen molar-refractivity contribution < 1.29 is 4.79 Å². The fourth-order valence-electron chi connectivity index (χ4n) is 4.43. The summed E-state index contributed by atoms with van der Waals surface area (Å²) < 4.78 is 1.24. The fraction of sp³-hybridized carbons (Fsp3) is 0.154. The number of carbonyl (C=O) groups is 1. The number of carbonyl (C=O) groups excluding carboxylic acids is 1. The van der Waals surface area contributed by atoms with E-state index >= 15 is 0 Å². The van der Waals surface area contributed by atoms with Gasteiger partial charge < -0.3 is 10.3 Å². The average molecular weight is 468 g/mol. The second-order valence-electron chi connectivity index (χ2n) is 8.28. The van der Waals surface area contributed by atoms with Gasteiger partial charge in [-0.05, 0) is 61.6 Å². The van der Waals surface area contributed by atoms with Crippen LogP contribution in [0.25, 0.3) is 28.1 Å². The molecule has 0 saturated carbocycles. The minimum absolute atomic E-state index is 0.172. The number of para-hydroxylation sites is 3. The molecular formula is C26H21N5O2S. The number of anilines is 1. The average Bonchev–Trinajstić information content (AvgIpc) is 3.45. The zero-order chi connectivity index (χ0) is 23.1. The van der Waals surface area contributed by atoms with Gasteiger partial charge in [-0.25, -0.2) is 4.98 Å². The third-order valence-electron chi connectivity index (χ3n) is 6.06. The van der Waals surface area contributed by atoms with Gasteiger partial charge in [0, 0.05) is 10.9 Å². The van der Waals surface area contributed by atoms with Gasteiger partial charge in [0.2, 0.25) is 0 Å². The number of benzene rings is 2. The second-order valence-corrected chi connectivity index (χ2v) is 9.38. The van der Waals surface area contributed by atoms with Crippen LogP contribution in [-0.2, 0) is 12.8 Å². The number of nitrogens with zero attached hydrogens (tertiary/aromatic N) is 3. The van der Waals surface area contributed by atoms with Crippen LogP contribution in [0, 0.1) is 0 Å². The highest BCUT2D eigenvalue weighted by Crippen LogP contribution is 2.43. The number of amides is 1. The quantitative estimate of drug-likeness (QED) is 0.390. The maximum absolute atomic E-state index is 13.3. The van der Waals surface area contributed by atoms with E-state index in [1.807, 2.05) is 42.5 Å². The molecular weight excluding hydrogens is 446 g/mol. The summed E-state index contributed by atoms with van der Waals surface area (Å²) >= 11 is 1.61. The van der Waals surface area contributed by atoms with E-state index in [-0.39, 0.29) is 17.2 Å². The maximum atomic E-state index is 13.3. The van der Waals surface area contributed by atoms with Crippen LogP contribution in [0.2, 0.25) is 0 Å². The lowest BCUT2D eigenvalue weighted by Gasteiger charge is -2.12. The van der Waals surface area contributed by atoms with Gasteiger partial charge in [0.25, 0.3) is 11.5 Å². The Morgan fingerprint density at radius 1 is 0.971 bits per heavy atom. The molecule has 0 fully saturated rings. The Morgan fingerprint density at radius 3 is 2.62 bits per heavy atom. The summed E-state index contributed by atoms with van der Waals surface area (Å²) in [5, 5.41) is 8.16. The zero-order valence-electron chi connectivity index (χ0n) is 18.2. The van der Waals surface area contributed by atoms with E-state index in [4.69, 9.17) is 4.98 Å². The number of rotatable bonds is 4. The van der Waals surface area contributed by atoms with E-state index in [1.165, 1.54) is 27.3 Å². The van der Waals surface area contributed by atoms with Gasteiger partial charge in [-0.1, -0.05) is 30.3 Å². The molecule has 2 N–H and O–H groups in total. The van der Waals surface area contributed by atoms with Gasteiger partial charge in [-0.2, -0.15) is 9.78 Å². The SMILES string of the molecule is O=C(Nc1sc2c(c1-c1nc3ccccc3[nH]1)CCCC2)c1ccc(=O)n(-c2ccccc2)n1. The van der Waals surface area contributed by atoms with Gasteiger partial charge >= 0.3 is 0 Å². The van der Waals surface area contributed by atoms with Crippen molar-refractivity contribution in [2.75, 3.05) is 5.32 Å². The molecule has 0 atom stereocenters. The van der Waals surface area contributed by atoms with Gasteiger partial charge in [0.1, 0.15) is 16.5 Å². The molecule has 7 nitrogen and oxygen atoms in total. The van der Waals surface area contributed by atoms with Crippen LogP contribution in [0.5, 0.6) is 0 Å². The van der Waals surface area contributed by atoms with Crippen LogP contribution >= 0.6 is 11.3 Å². The molecule has 2 aromatic carbocycles. The van der Waals surface area contributed by atoms with E-state index in [0.29, 0.717) is 5.69 Å². The van der Waals surface area contributed by atoms with Crippen molar-refractivity contribution in [1.82, 2.24) is 19.7 Å². The Hall–Kier alpha value is -4.04. The van der Waals surface area contributed by atoms with Crippen LogP contribution in [0.4, 0.5) is 5.00 Å². The molecule has 5 aromatic rings. The van der Waals surface area contributed by atoms with Crippen molar-refractivity contribution in [3.05, 3.63) is 93.2 Å². The van der Waals surface area contributed by atoms with Crippen molar-refractivity contribution in [3.8, 4) is 17.1 Å². The molecule has 34 heavy (non-hydrogen) atoms. The minimum atomic E-state index is -0.361. The zero-order valence-corrected chi connectivity index (χ0v) is 19.1. The highest BCUT2D eigenvalue weighted by molar-refractivity contribution is 7.17. The molecule has 0 radical (unpaired) electrons. The van der Waals surface area contributed by atoms with Gasteiger partial charge in [-0.15, -0.1) is 11.3 Å². The van der Waals surface area contributed by atoms with Gasteiger partial charge in [-0.3, -0.25) is 9.59 Å². The van der Waals surface area contributed by atoms with E-state index in [0.717, 1.165) is 53.1 Å². The van der Waals surface area contributed by atoms with Crippen LogP contribution in [0.3, 0.4) is 0 Å². The Labute approximate surface area is 199 Å².